The van der Waals surface area contributed by atoms with Crippen LogP contribution in [0.15, 0.2) is 93.7 Å². The molecule has 0 aliphatic rings. The molecule has 0 unspecified atom stereocenters. The molecule has 6 rings (SSSR count). The zero-order chi connectivity index (χ0) is 36.9. The number of hydrogen-bond donors (Lipinski definition) is 1. The summed E-state index contributed by atoms with van der Waals surface area (Å²) in [5.74, 6) is 2.13. The Morgan fingerprint density at radius 1 is 0.885 bits per heavy atom. The second kappa shape index (κ2) is 17.7. The van der Waals surface area contributed by atoms with Crippen LogP contribution in [0.4, 0.5) is 0 Å². The van der Waals surface area contributed by atoms with E-state index in [9.17, 15) is 9.90 Å². The number of fused-ring (bicyclic) bond motifs is 3. The van der Waals surface area contributed by atoms with Crippen molar-refractivity contribution < 1.29 is 38.8 Å². The molecule has 0 aliphatic heterocycles. The Hall–Kier alpha value is -3.99. The van der Waals surface area contributed by atoms with Crippen molar-refractivity contribution in [1.82, 2.24) is 4.98 Å². The number of aliphatic hydroxyl groups is 1. The molecule has 1 N–H and O–H groups in total. The third kappa shape index (κ3) is 9.32. The molecular formula is C46H54IrNO4-. The monoisotopic (exact) mass is 877 g/mol. The molecule has 0 atom stereocenters. The molecule has 0 saturated heterocycles. The predicted octanol–water partition coefficient (Wildman–Crippen LogP) is 13.2. The largest absolute Gasteiger partial charge is 0.512 e. The van der Waals surface area contributed by atoms with Crippen LogP contribution < -0.4 is 0 Å². The second-order valence-electron chi connectivity index (χ2n) is 15.1. The van der Waals surface area contributed by atoms with Gasteiger partial charge in [-0.1, -0.05) is 110 Å². The van der Waals surface area contributed by atoms with Gasteiger partial charge in [-0.05, 0) is 66.3 Å². The molecule has 0 spiro atoms. The Morgan fingerprint density at radius 3 is 2.23 bits per heavy atom. The number of pyridine rings is 1. The van der Waals surface area contributed by atoms with Crippen LogP contribution in [0.3, 0.4) is 0 Å². The van der Waals surface area contributed by atoms with Crippen LogP contribution in [0.5, 0.6) is 0 Å². The molecule has 5 nitrogen and oxygen atoms in total. The normalized spacial score (nSPS) is 12.2. The Morgan fingerprint density at radius 2 is 1.58 bits per heavy atom. The van der Waals surface area contributed by atoms with Crippen molar-refractivity contribution in [3.8, 4) is 22.4 Å². The van der Waals surface area contributed by atoms with Gasteiger partial charge in [0.05, 0.1) is 12.0 Å². The van der Waals surface area contributed by atoms with Gasteiger partial charge in [0.2, 0.25) is 5.71 Å². The van der Waals surface area contributed by atoms with Gasteiger partial charge in [-0.25, -0.2) is 0 Å². The quantitative estimate of drug-likeness (QED) is 0.0797. The first kappa shape index (κ1) is 40.8. The van der Waals surface area contributed by atoms with E-state index >= 15 is 0 Å². The first-order chi connectivity index (χ1) is 24.4. The van der Waals surface area contributed by atoms with E-state index in [2.05, 4.69) is 101 Å². The Bertz CT molecular complexity index is 2140. The summed E-state index contributed by atoms with van der Waals surface area (Å²) in [6, 6.07) is 27.0. The smallest absolute Gasteiger partial charge is 0.219 e. The van der Waals surface area contributed by atoms with Crippen molar-refractivity contribution in [1.29, 1.82) is 0 Å². The van der Waals surface area contributed by atoms with Gasteiger partial charge in [0.15, 0.2) is 5.78 Å². The number of hydrogen-bond acceptors (Lipinski definition) is 5. The van der Waals surface area contributed by atoms with Crippen LogP contribution in [-0.4, -0.2) is 15.9 Å². The third-order valence-corrected chi connectivity index (χ3v) is 9.87. The van der Waals surface area contributed by atoms with Crippen LogP contribution in [-0.2, 0) is 36.7 Å². The maximum atomic E-state index is 11.7. The Labute approximate surface area is 323 Å². The molecule has 3 aromatic carbocycles. The summed E-state index contributed by atoms with van der Waals surface area (Å²) in [7, 11) is 0. The fourth-order valence-electron chi connectivity index (χ4n) is 6.85. The topological polar surface area (TPSA) is 76.5 Å². The number of furan rings is 2. The number of carbonyl (C=O) groups excluding carboxylic acids is 1. The summed E-state index contributed by atoms with van der Waals surface area (Å²) >= 11 is 0. The van der Waals surface area contributed by atoms with Gasteiger partial charge >= 0.3 is 0 Å². The summed E-state index contributed by atoms with van der Waals surface area (Å²) in [6.45, 7) is 19.2. The van der Waals surface area contributed by atoms with Crippen LogP contribution in [0.2, 0.25) is 0 Å². The van der Waals surface area contributed by atoms with Gasteiger partial charge in [0.1, 0.15) is 11.3 Å². The molecule has 0 aliphatic carbocycles. The van der Waals surface area contributed by atoms with E-state index in [4.69, 9.17) is 13.8 Å². The van der Waals surface area contributed by atoms with Crippen molar-refractivity contribution in [3.05, 3.63) is 102 Å². The van der Waals surface area contributed by atoms with Gasteiger partial charge in [0, 0.05) is 60.9 Å². The van der Waals surface area contributed by atoms with Gasteiger partial charge in [-0.3, -0.25) is 9.78 Å². The van der Waals surface area contributed by atoms with Crippen molar-refractivity contribution >= 4 is 38.6 Å². The third-order valence-electron chi connectivity index (χ3n) is 9.87. The molecule has 0 fully saturated rings. The van der Waals surface area contributed by atoms with Crippen molar-refractivity contribution in [3.63, 3.8) is 0 Å². The number of aliphatic hydroxyl groups excluding tert-OH is 1. The molecule has 6 aromatic rings. The minimum absolute atomic E-state index is 0. The van der Waals surface area contributed by atoms with Crippen LogP contribution >= 0.6 is 0 Å². The van der Waals surface area contributed by atoms with Crippen molar-refractivity contribution in [2.24, 2.45) is 17.8 Å². The van der Waals surface area contributed by atoms with E-state index in [0.717, 1.165) is 82.0 Å². The van der Waals surface area contributed by atoms with Crippen LogP contribution in [0, 0.1) is 23.8 Å². The van der Waals surface area contributed by atoms with E-state index in [1.165, 1.54) is 17.0 Å². The zero-order valence-electron chi connectivity index (χ0n) is 32.2. The van der Waals surface area contributed by atoms with Gasteiger partial charge in [0.25, 0.3) is 0 Å². The molecule has 277 valence electrons. The van der Waals surface area contributed by atoms with Crippen LogP contribution in [0.1, 0.15) is 99.3 Å². The summed E-state index contributed by atoms with van der Waals surface area (Å²) in [6.07, 6.45) is 7.55. The number of ketones is 1. The van der Waals surface area contributed by atoms with Gasteiger partial charge in [-0.15, -0.1) is 29.1 Å². The summed E-state index contributed by atoms with van der Waals surface area (Å²) in [5.41, 5.74) is 6.78. The maximum absolute atomic E-state index is 11.7. The molecule has 3 heterocycles. The number of allylic oxidation sites excluding steroid dienone is 2. The fourth-order valence-corrected chi connectivity index (χ4v) is 6.85. The number of aromatic nitrogens is 1. The fraction of sp³-hybridized carbons (Fsp3) is 0.391. The SMILES string of the molecule is CC(C)Cc1cc2ccc(-c3cc(-c4[c-]c5ccccc5c(C(C)(C)C)c4)nc4occc34)cc2o1.CCC(CC)C(=O)/C=C(\O)C(CC)CC.[Ir]. The number of nitrogens with zero attached hydrogens (tertiary/aromatic N) is 1. The van der Waals surface area contributed by atoms with Gasteiger partial charge < -0.3 is 13.9 Å². The molecule has 3 aromatic heterocycles. The first-order valence-corrected chi connectivity index (χ1v) is 18.7. The van der Waals surface area contributed by atoms with Crippen molar-refractivity contribution in [2.75, 3.05) is 0 Å². The summed E-state index contributed by atoms with van der Waals surface area (Å²) < 4.78 is 12.0. The second-order valence-corrected chi connectivity index (χ2v) is 15.1. The van der Waals surface area contributed by atoms with Gasteiger partial charge in [-0.2, -0.15) is 0 Å². The molecule has 0 amide bonds. The summed E-state index contributed by atoms with van der Waals surface area (Å²) in [4.78, 5) is 16.6. The minimum atomic E-state index is -0.0148. The molecule has 1 radical (unpaired) electrons. The maximum Gasteiger partial charge on any atom is 0.219 e. The minimum Gasteiger partial charge on any atom is -0.512 e. The molecule has 6 heteroatoms. The average molecular weight is 877 g/mol. The average Bonchev–Trinajstić information content (AvgIpc) is 3.74. The molecule has 0 saturated carbocycles. The molecule has 0 bridgehead atoms. The number of rotatable bonds is 11. The summed E-state index contributed by atoms with van der Waals surface area (Å²) in [5, 5.41) is 14.2. The van der Waals surface area contributed by atoms with E-state index in [-0.39, 0.29) is 48.9 Å². The first-order valence-electron chi connectivity index (χ1n) is 18.7. The van der Waals surface area contributed by atoms with E-state index in [1.807, 2.05) is 33.8 Å². The number of benzene rings is 3. The van der Waals surface area contributed by atoms with Crippen molar-refractivity contribution in [2.45, 2.75) is 99.8 Å². The molecular weight excluding hydrogens is 823 g/mol. The Balaban J connectivity index is 0.000000323. The zero-order valence-corrected chi connectivity index (χ0v) is 34.6. The van der Waals surface area contributed by atoms with Crippen LogP contribution in [0.25, 0.3) is 55.2 Å². The van der Waals surface area contributed by atoms with E-state index in [0.29, 0.717) is 11.6 Å². The number of carbonyl (C=O) groups is 1. The van der Waals surface area contributed by atoms with E-state index in [1.54, 1.807) is 6.26 Å². The Kier molecular flexibility index (Phi) is 13.9. The predicted molar refractivity (Wildman–Crippen MR) is 212 cm³/mol. The standard InChI is InChI=1S/C33H30NO2.C13H24O2.Ir/c1-20(2)14-25-16-23-11-10-22(18-31(23)36-25)28-19-30(34-32-27(28)12-13-35-32)24-15-21-8-6-7-9-26(21)29(17-24)33(3,4)5;1-5-10(6-2)12(14)9-13(15)11(7-3)8-4;/h6-13,16-20H,14H2,1-5H3;9-11,14H,5-8H2,1-4H3;/q-1;;/b;12-9-;. The van der Waals surface area contributed by atoms with E-state index < -0.39 is 0 Å². The molecule has 52 heavy (non-hydrogen) atoms.